The van der Waals surface area contributed by atoms with Crippen molar-refractivity contribution >= 4 is 21.8 Å². The van der Waals surface area contributed by atoms with E-state index in [2.05, 4.69) is 10.0 Å². The summed E-state index contributed by atoms with van der Waals surface area (Å²) in [4.78, 5) is 28.3. The highest BCUT2D eigenvalue weighted by Crippen LogP contribution is 2.22. The number of aryl methyl sites for hydroxylation is 1. The van der Waals surface area contributed by atoms with Gasteiger partial charge >= 0.3 is 0 Å². The lowest BCUT2D eigenvalue weighted by Gasteiger charge is -2.29. The number of ether oxygens (including phenoxy) is 1. The van der Waals surface area contributed by atoms with Gasteiger partial charge in [0.1, 0.15) is 11.8 Å². The van der Waals surface area contributed by atoms with Gasteiger partial charge in [0.05, 0.1) is 12.0 Å². The van der Waals surface area contributed by atoms with Gasteiger partial charge in [-0.2, -0.15) is 0 Å². The minimum absolute atomic E-state index is 0.0412. The number of amides is 2. The third kappa shape index (κ3) is 8.40. The Hall–Kier alpha value is -3.69. The van der Waals surface area contributed by atoms with E-state index in [0.29, 0.717) is 25.9 Å². The van der Waals surface area contributed by atoms with Crippen LogP contribution in [0.1, 0.15) is 42.9 Å². The first-order chi connectivity index (χ1) is 19.2. The molecule has 0 bridgehead atoms. The van der Waals surface area contributed by atoms with E-state index in [-0.39, 0.29) is 29.2 Å². The highest BCUT2D eigenvalue weighted by Gasteiger charge is 2.28. The fourth-order valence-corrected chi connectivity index (χ4v) is 5.66. The summed E-state index contributed by atoms with van der Waals surface area (Å²) in [5, 5.41) is 2.97. The number of rotatable bonds is 14. The standard InChI is InChI=1S/C31H37N3O5S/c1-23(31(36)32-21-20-25-8-15-28(39-2)16-9-25)34(22-26-6-4-3-5-7-26)30(35)19-12-24-10-17-29(18-11-24)40(37,38)33-27-13-14-27/h3-11,15-18,23,27,33H,12-14,19-22H2,1-2H3,(H,32,36)/t23-/m1/s1. The quantitative estimate of drug-likeness (QED) is 0.310. The van der Waals surface area contributed by atoms with Crippen molar-refractivity contribution in [2.45, 2.75) is 62.6 Å². The first-order valence-electron chi connectivity index (χ1n) is 13.6. The number of benzene rings is 3. The van der Waals surface area contributed by atoms with Crippen molar-refractivity contribution in [3.8, 4) is 5.75 Å². The van der Waals surface area contributed by atoms with Gasteiger partial charge in [-0.25, -0.2) is 13.1 Å². The summed E-state index contributed by atoms with van der Waals surface area (Å²) in [7, 11) is -1.90. The van der Waals surface area contributed by atoms with Crippen LogP contribution >= 0.6 is 0 Å². The maximum atomic E-state index is 13.4. The molecule has 0 aliphatic heterocycles. The van der Waals surface area contributed by atoms with E-state index in [4.69, 9.17) is 4.74 Å². The molecule has 8 nitrogen and oxygen atoms in total. The molecular weight excluding hydrogens is 526 g/mol. The van der Waals surface area contributed by atoms with E-state index in [1.807, 2.05) is 54.6 Å². The van der Waals surface area contributed by atoms with Crippen LogP contribution in [0.5, 0.6) is 5.75 Å². The lowest BCUT2D eigenvalue weighted by molar-refractivity contribution is -0.140. The molecule has 1 atom stereocenters. The van der Waals surface area contributed by atoms with Crippen LogP contribution in [0.15, 0.2) is 83.8 Å². The Morgan fingerprint density at radius 3 is 2.15 bits per heavy atom. The van der Waals surface area contributed by atoms with Crippen molar-refractivity contribution in [2.24, 2.45) is 0 Å². The van der Waals surface area contributed by atoms with Gasteiger partial charge in [0.25, 0.3) is 0 Å². The molecule has 1 aliphatic rings. The zero-order chi connectivity index (χ0) is 28.5. The third-order valence-corrected chi connectivity index (χ3v) is 8.53. The van der Waals surface area contributed by atoms with Crippen LogP contribution in [0.4, 0.5) is 0 Å². The van der Waals surface area contributed by atoms with E-state index in [0.717, 1.165) is 35.3 Å². The molecule has 0 unspecified atom stereocenters. The fraction of sp³-hybridized carbons (Fsp3) is 0.355. The summed E-state index contributed by atoms with van der Waals surface area (Å²) >= 11 is 0. The molecule has 1 aliphatic carbocycles. The van der Waals surface area contributed by atoms with E-state index >= 15 is 0 Å². The molecule has 0 spiro atoms. The highest BCUT2D eigenvalue weighted by atomic mass is 32.2. The van der Waals surface area contributed by atoms with Gasteiger partial charge in [0, 0.05) is 25.6 Å². The average molecular weight is 564 g/mol. The molecule has 0 radical (unpaired) electrons. The summed E-state index contributed by atoms with van der Waals surface area (Å²) in [5.41, 5.74) is 2.87. The molecule has 0 saturated heterocycles. The molecule has 1 saturated carbocycles. The Balaban J connectivity index is 1.36. The zero-order valence-electron chi connectivity index (χ0n) is 23.0. The molecule has 2 amide bonds. The van der Waals surface area contributed by atoms with Gasteiger partial charge in [-0.05, 0) is 73.6 Å². The van der Waals surface area contributed by atoms with Crippen molar-refractivity contribution in [3.05, 3.63) is 95.6 Å². The summed E-state index contributed by atoms with van der Waals surface area (Å²) < 4.78 is 32.7. The summed E-state index contributed by atoms with van der Waals surface area (Å²) in [6, 6.07) is 23.3. The van der Waals surface area contributed by atoms with Crippen molar-refractivity contribution in [1.29, 1.82) is 0 Å². The Labute approximate surface area is 236 Å². The van der Waals surface area contributed by atoms with E-state index in [1.165, 1.54) is 0 Å². The molecule has 9 heteroatoms. The predicted octanol–water partition coefficient (Wildman–Crippen LogP) is 3.84. The van der Waals surface area contributed by atoms with Gasteiger partial charge in [0.15, 0.2) is 0 Å². The topological polar surface area (TPSA) is 105 Å². The van der Waals surface area contributed by atoms with Crippen molar-refractivity contribution in [1.82, 2.24) is 14.9 Å². The monoisotopic (exact) mass is 563 g/mol. The second-order valence-electron chi connectivity index (χ2n) is 10.1. The molecule has 40 heavy (non-hydrogen) atoms. The molecule has 2 N–H and O–H groups in total. The second kappa shape index (κ2) is 13.6. The second-order valence-corrected chi connectivity index (χ2v) is 11.8. The lowest BCUT2D eigenvalue weighted by Crippen LogP contribution is -2.48. The summed E-state index contributed by atoms with van der Waals surface area (Å²) in [6.07, 6.45) is 3.04. The Morgan fingerprint density at radius 1 is 0.900 bits per heavy atom. The maximum absolute atomic E-state index is 13.4. The normalized spacial score (nSPS) is 13.8. The van der Waals surface area contributed by atoms with Crippen molar-refractivity contribution in [2.75, 3.05) is 13.7 Å². The number of methoxy groups -OCH3 is 1. The largest absolute Gasteiger partial charge is 0.497 e. The molecule has 4 rings (SSSR count). The lowest BCUT2D eigenvalue weighted by atomic mass is 10.1. The van der Waals surface area contributed by atoms with Crippen molar-refractivity contribution in [3.63, 3.8) is 0 Å². The SMILES string of the molecule is COc1ccc(CCNC(=O)[C@@H](C)N(Cc2ccccc2)C(=O)CCc2ccc(S(=O)(=O)NC3CC3)cc2)cc1. The Bertz CT molecular complexity index is 1370. The predicted molar refractivity (Wildman–Crippen MR) is 154 cm³/mol. The van der Waals surface area contributed by atoms with Gasteiger partial charge in [-0.15, -0.1) is 0 Å². The molecule has 212 valence electrons. The molecule has 0 heterocycles. The van der Waals surface area contributed by atoms with Gasteiger partial charge < -0.3 is 15.0 Å². The molecule has 0 aromatic heterocycles. The first-order valence-corrected chi connectivity index (χ1v) is 15.1. The molecule has 1 fully saturated rings. The number of sulfonamides is 1. The zero-order valence-corrected chi connectivity index (χ0v) is 23.8. The summed E-state index contributed by atoms with van der Waals surface area (Å²) in [6.45, 7) is 2.51. The first kappa shape index (κ1) is 29.3. The van der Waals surface area contributed by atoms with E-state index in [1.54, 1.807) is 43.2 Å². The fourth-order valence-electron chi connectivity index (χ4n) is 4.35. The Morgan fingerprint density at radius 2 is 1.52 bits per heavy atom. The minimum atomic E-state index is -3.52. The van der Waals surface area contributed by atoms with E-state index in [9.17, 15) is 18.0 Å². The Kier molecular flexibility index (Phi) is 9.95. The molecular formula is C31H37N3O5S. The number of nitrogens with zero attached hydrogens (tertiary/aromatic N) is 1. The highest BCUT2D eigenvalue weighted by molar-refractivity contribution is 7.89. The number of hydrogen-bond donors (Lipinski definition) is 2. The maximum Gasteiger partial charge on any atom is 0.242 e. The third-order valence-electron chi connectivity index (χ3n) is 7.00. The number of nitrogens with one attached hydrogen (secondary N) is 2. The van der Waals surface area contributed by atoms with Crippen molar-refractivity contribution < 1.29 is 22.7 Å². The van der Waals surface area contributed by atoms with Gasteiger partial charge in [0.2, 0.25) is 21.8 Å². The smallest absolute Gasteiger partial charge is 0.242 e. The van der Waals surface area contributed by atoms with Crippen LogP contribution < -0.4 is 14.8 Å². The van der Waals surface area contributed by atoms with Crippen LogP contribution in [-0.4, -0.2) is 50.9 Å². The number of hydrogen-bond acceptors (Lipinski definition) is 5. The molecule has 3 aromatic rings. The number of carbonyl (C=O) groups is 2. The van der Waals surface area contributed by atoms with Crippen LogP contribution in [-0.2, 0) is 39.0 Å². The minimum Gasteiger partial charge on any atom is -0.497 e. The van der Waals surface area contributed by atoms with E-state index < -0.39 is 16.1 Å². The molecule has 3 aromatic carbocycles. The summed E-state index contributed by atoms with van der Waals surface area (Å²) in [5.74, 6) is 0.423. The van der Waals surface area contributed by atoms with Crippen LogP contribution in [0, 0.1) is 0 Å². The van der Waals surface area contributed by atoms with Gasteiger partial charge in [-0.3, -0.25) is 9.59 Å². The average Bonchev–Trinajstić information content (AvgIpc) is 3.78. The van der Waals surface area contributed by atoms with Crippen LogP contribution in [0.2, 0.25) is 0 Å². The van der Waals surface area contributed by atoms with Crippen LogP contribution in [0.3, 0.4) is 0 Å². The van der Waals surface area contributed by atoms with Crippen LogP contribution in [0.25, 0.3) is 0 Å². The number of carbonyl (C=O) groups excluding carboxylic acids is 2. The van der Waals surface area contributed by atoms with Gasteiger partial charge in [-0.1, -0.05) is 54.6 Å².